The van der Waals surface area contributed by atoms with Gasteiger partial charge in [-0.05, 0) is 46.3 Å². The van der Waals surface area contributed by atoms with Gasteiger partial charge >= 0.3 is 0 Å². The lowest BCUT2D eigenvalue weighted by atomic mass is 10.2. The monoisotopic (exact) mass is 422 g/mol. The summed E-state index contributed by atoms with van der Waals surface area (Å²) < 4.78 is 1.85. The first-order valence-electron chi connectivity index (χ1n) is 7.03. The molecule has 4 nitrogen and oxygen atoms in total. The van der Waals surface area contributed by atoms with Crippen LogP contribution < -0.4 is 10.6 Å². The first-order chi connectivity index (χ1) is 11.6. The molecule has 0 unspecified atom stereocenters. The molecule has 122 valence electrons. The van der Waals surface area contributed by atoms with E-state index in [-0.39, 0.29) is 17.7 Å². The molecule has 0 atom stereocenters. The normalized spacial score (nSPS) is 10.6. The van der Waals surface area contributed by atoms with Gasteiger partial charge in [0, 0.05) is 25.9 Å². The maximum absolute atomic E-state index is 12.5. The fraction of sp³-hybridized carbons (Fsp3) is 0.0588. The molecule has 0 radical (unpaired) electrons. The number of thiophene rings is 1. The Morgan fingerprint density at radius 2 is 1.62 bits per heavy atom. The van der Waals surface area contributed by atoms with Gasteiger partial charge in [0.15, 0.2) is 0 Å². The molecule has 3 rings (SSSR count). The highest BCUT2D eigenvalue weighted by atomic mass is 79.9. The van der Waals surface area contributed by atoms with Crippen LogP contribution >= 0.6 is 38.9 Å². The molecular formula is C17H12BrClN2O2S. The smallest absolute Gasteiger partial charge is 0.266 e. The second kappa shape index (κ2) is 7.34. The van der Waals surface area contributed by atoms with Gasteiger partial charge in [-0.3, -0.25) is 9.59 Å². The number of alkyl halides is 1. The zero-order chi connectivity index (χ0) is 17.1. The number of carbonyl (C=O) groups is 2. The molecule has 3 aromatic rings. The quantitative estimate of drug-likeness (QED) is 0.574. The molecule has 0 fully saturated rings. The standard InChI is InChI=1S/C17H12BrClN2O2S/c18-15-12-3-1-2-4-13(12)24-16(15)17(23)21-11-7-5-10(6-8-11)20-14(22)9-19/h1-8H,9H2,(H,20,22)(H,21,23). The van der Waals surface area contributed by atoms with Gasteiger partial charge in [-0.15, -0.1) is 22.9 Å². The number of hydrogen-bond acceptors (Lipinski definition) is 3. The van der Waals surface area contributed by atoms with Crippen molar-refractivity contribution in [2.24, 2.45) is 0 Å². The largest absolute Gasteiger partial charge is 0.325 e. The van der Waals surface area contributed by atoms with Crippen LogP contribution in [-0.2, 0) is 4.79 Å². The number of halogens is 2. The van der Waals surface area contributed by atoms with Crippen LogP contribution in [0.3, 0.4) is 0 Å². The van der Waals surface area contributed by atoms with Crippen molar-refractivity contribution in [2.75, 3.05) is 16.5 Å². The van der Waals surface area contributed by atoms with Crippen molar-refractivity contribution in [3.8, 4) is 0 Å². The molecule has 7 heteroatoms. The highest BCUT2D eigenvalue weighted by molar-refractivity contribution is 9.10. The summed E-state index contributed by atoms with van der Waals surface area (Å²) in [6.45, 7) is 0. The first kappa shape index (κ1) is 17.0. The number of amides is 2. The summed E-state index contributed by atoms with van der Waals surface area (Å²) in [7, 11) is 0. The van der Waals surface area contributed by atoms with Gasteiger partial charge in [-0.1, -0.05) is 18.2 Å². The highest BCUT2D eigenvalue weighted by Crippen LogP contribution is 2.35. The zero-order valence-corrected chi connectivity index (χ0v) is 15.5. The minimum atomic E-state index is -0.275. The van der Waals surface area contributed by atoms with Crippen LogP contribution in [-0.4, -0.2) is 17.7 Å². The van der Waals surface area contributed by atoms with Crippen molar-refractivity contribution >= 4 is 72.1 Å². The lowest BCUT2D eigenvalue weighted by Gasteiger charge is -2.06. The van der Waals surface area contributed by atoms with Crippen molar-refractivity contribution in [3.05, 3.63) is 57.9 Å². The van der Waals surface area contributed by atoms with Crippen molar-refractivity contribution in [1.82, 2.24) is 0 Å². The number of rotatable bonds is 4. The van der Waals surface area contributed by atoms with Gasteiger partial charge in [-0.25, -0.2) is 0 Å². The van der Waals surface area contributed by atoms with Crippen LogP contribution in [0.2, 0.25) is 0 Å². The molecule has 24 heavy (non-hydrogen) atoms. The highest BCUT2D eigenvalue weighted by Gasteiger charge is 2.16. The third-order valence-corrected chi connectivity index (χ3v) is 5.79. The van der Waals surface area contributed by atoms with E-state index >= 15 is 0 Å². The molecular weight excluding hydrogens is 412 g/mol. The molecule has 1 aromatic heterocycles. The average Bonchev–Trinajstić information content (AvgIpc) is 2.94. The summed E-state index contributed by atoms with van der Waals surface area (Å²) in [4.78, 5) is 24.4. The summed E-state index contributed by atoms with van der Waals surface area (Å²) in [5.74, 6) is -0.554. The SMILES string of the molecule is O=C(CCl)Nc1ccc(NC(=O)c2sc3ccccc3c2Br)cc1. The van der Waals surface area contributed by atoms with Crippen LogP contribution in [0.15, 0.2) is 53.0 Å². The van der Waals surface area contributed by atoms with Crippen LogP contribution in [0, 0.1) is 0 Å². The van der Waals surface area contributed by atoms with Crippen molar-refractivity contribution < 1.29 is 9.59 Å². The van der Waals surface area contributed by atoms with E-state index < -0.39 is 0 Å². The summed E-state index contributed by atoms with van der Waals surface area (Å²) in [5, 5.41) is 6.52. The van der Waals surface area contributed by atoms with Crippen molar-refractivity contribution in [1.29, 1.82) is 0 Å². The van der Waals surface area contributed by atoms with Gasteiger partial charge in [0.05, 0.1) is 0 Å². The third kappa shape index (κ3) is 3.61. The number of nitrogens with one attached hydrogen (secondary N) is 2. The van der Waals surface area contributed by atoms with Gasteiger partial charge in [0.2, 0.25) is 5.91 Å². The molecule has 0 saturated carbocycles. The molecule has 0 bridgehead atoms. The summed E-state index contributed by atoms with van der Waals surface area (Å²) in [6.07, 6.45) is 0. The molecule has 0 spiro atoms. The Hall–Kier alpha value is -1.89. The first-order valence-corrected chi connectivity index (χ1v) is 9.17. The number of benzene rings is 2. The Balaban J connectivity index is 1.76. The lowest BCUT2D eigenvalue weighted by Crippen LogP contribution is -2.13. The average molecular weight is 424 g/mol. The summed E-state index contributed by atoms with van der Waals surface area (Å²) >= 11 is 10.4. The van der Waals surface area contributed by atoms with Gasteiger partial charge in [-0.2, -0.15) is 0 Å². The topological polar surface area (TPSA) is 58.2 Å². The van der Waals surface area contributed by atoms with Gasteiger partial charge in [0.25, 0.3) is 5.91 Å². The molecule has 0 saturated heterocycles. The predicted molar refractivity (Wildman–Crippen MR) is 103 cm³/mol. The van der Waals surface area contributed by atoms with Crippen LogP contribution in [0.25, 0.3) is 10.1 Å². The Bertz CT molecular complexity index is 909. The van der Waals surface area contributed by atoms with E-state index in [0.717, 1.165) is 14.6 Å². The Kier molecular flexibility index (Phi) is 5.18. The van der Waals surface area contributed by atoms with Crippen molar-refractivity contribution in [3.63, 3.8) is 0 Å². The summed E-state index contributed by atoms with van der Waals surface area (Å²) in [6, 6.07) is 14.7. The molecule has 2 amide bonds. The lowest BCUT2D eigenvalue weighted by molar-refractivity contribution is -0.113. The second-order valence-electron chi connectivity index (χ2n) is 4.95. The van der Waals surface area contributed by atoms with Crippen LogP contribution in [0.5, 0.6) is 0 Å². The number of anilines is 2. The molecule has 1 heterocycles. The zero-order valence-electron chi connectivity index (χ0n) is 12.3. The maximum atomic E-state index is 12.5. The Labute approximate surface area is 155 Å². The van der Waals surface area contributed by atoms with Crippen LogP contribution in [0.1, 0.15) is 9.67 Å². The third-order valence-electron chi connectivity index (χ3n) is 3.29. The predicted octanol–water partition coefficient (Wildman–Crippen LogP) is 5.09. The number of carbonyl (C=O) groups excluding carboxylic acids is 2. The molecule has 2 aromatic carbocycles. The Morgan fingerprint density at radius 3 is 2.25 bits per heavy atom. The molecule has 0 aliphatic heterocycles. The minimum Gasteiger partial charge on any atom is -0.325 e. The van der Waals surface area contributed by atoms with E-state index in [1.54, 1.807) is 24.3 Å². The van der Waals surface area contributed by atoms with E-state index in [1.165, 1.54) is 11.3 Å². The minimum absolute atomic E-state index is 0.0988. The molecule has 2 N–H and O–H groups in total. The van der Waals surface area contributed by atoms with E-state index in [0.29, 0.717) is 16.3 Å². The maximum Gasteiger partial charge on any atom is 0.266 e. The van der Waals surface area contributed by atoms with Crippen molar-refractivity contribution in [2.45, 2.75) is 0 Å². The fourth-order valence-electron chi connectivity index (χ4n) is 2.18. The van der Waals surface area contributed by atoms with Gasteiger partial charge < -0.3 is 10.6 Å². The summed E-state index contributed by atoms with van der Waals surface area (Å²) in [5.41, 5.74) is 1.27. The number of fused-ring (bicyclic) bond motifs is 1. The van der Waals surface area contributed by atoms with Crippen LogP contribution in [0.4, 0.5) is 11.4 Å². The van der Waals surface area contributed by atoms with Gasteiger partial charge in [0.1, 0.15) is 10.8 Å². The molecule has 0 aliphatic carbocycles. The van der Waals surface area contributed by atoms with E-state index in [2.05, 4.69) is 26.6 Å². The molecule has 0 aliphatic rings. The van der Waals surface area contributed by atoms with E-state index in [9.17, 15) is 9.59 Å². The second-order valence-corrected chi connectivity index (χ2v) is 7.07. The Morgan fingerprint density at radius 1 is 1.00 bits per heavy atom. The fourth-order valence-corrected chi connectivity index (χ4v) is 4.14. The van der Waals surface area contributed by atoms with E-state index in [4.69, 9.17) is 11.6 Å². The number of hydrogen-bond donors (Lipinski definition) is 2. The van der Waals surface area contributed by atoms with E-state index in [1.807, 2.05) is 24.3 Å².